The van der Waals surface area contributed by atoms with E-state index in [0.717, 1.165) is 0 Å². The van der Waals surface area contributed by atoms with Gasteiger partial charge in [-0.05, 0) is 29.8 Å². The third-order valence-corrected chi connectivity index (χ3v) is 7.11. The van der Waals surface area contributed by atoms with Gasteiger partial charge in [0, 0.05) is 6.20 Å². The van der Waals surface area contributed by atoms with Crippen LogP contribution in [0.3, 0.4) is 0 Å². The fourth-order valence-electron chi connectivity index (χ4n) is 2.99. The standard InChI is InChI=1S/C22H12Cl6FN3O3/c23-13-8-32(7-10-2-1-3-11(29)6-10)31-21(13)30-22(33)14-5-4-12(35-14)9-34-20-18(27)16(25)15(24)17(26)19(20)28/h1-6,8H,7,9H2,(H,30,31,33). The number of carbonyl (C=O) groups is 1. The zero-order chi connectivity index (χ0) is 25.3. The van der Waals surface area contributed by atoms with Crippen molar-refractivity contribution in [3.05, 3.63) is 95.6 Å². The van der Waals surface area contributed by atoms with Crippen molar-refractivity contribution in [2.24, 2.45) is 0 Å². The first-order valence-electron chi connectivity index (χ1n) is 9.65. The molecule has 0 saturated carbocycles. The van der Waals surface area contributed by atoms with Crippen molar-refractivity contribution < 1.29 is 18.3 Å². The maximum Gasteiger partial charge on any atom is 0.292 e. The molecule has 2 heterocycles. The number of ether oxygens (including phenoxy) is 1. The van der Waals surface area contributed by atoms with Gasteiger partial charge in [0.1, 0.15) is 33.3 Å². The molecular weight excluding hydrogens is 586 g/mol. The van der Waals surface area contributed by atoms with Crippen LogP contribution in [-0.2, 0) is 13.2 Å². The summed E-state index contributed by atoms with van der Waals surface area (Å²) < 4.78 is 26.0. The van der Waals surface area contributed by atoms with Crippen molar-refractivity contribution in [3.8, 4) is 5.75 Å². The molecule has 6 nitrogen and oxygen atoms in total. The monoisotopic (exact) mass is 595 g/mol. The quantitative estimate of drug-likeness (QED) is 0.171. The van der Waals surface area contributed by atoms with Gasteiger partial charge in [-0.1, -0.05) is 81.7 Å². The van der Waals surface area contributed by atoms with E-state index in [1.807, 2.05) is 0 Å². The molecule has 0 saturated heterocycles. The molecule has 35 heavy (non-hydrogen) atoms. The zero-order valence-electron chi connectivity index (χ0n) is 17.2. The highest BCUT2D eigenvalue weighted by atomic mass is 35.5. The van der Waals surface area contributed by atoms with E-state index in [1.54, 1.807) is 12.1 Å². The van der Waals surface area contributed by atoms with E-state index in [4.69, 9.17) is 78.8 Å². The van der Waals surface area contributed by atoms with Gasteiger partial charge in [-0.2, -0.15) is 5.10 Å². The van der Waals surface area contributed by atoms with Crippen molar-refractivity contribution in [3.63, 3.8) is 0 Å². The van der Waals surface area contributed by atoms with Crippen LogP contribution in [-0.4, -0.2) is 15.7 Å². The molecule has 0 unspecified atom stereocenters. The lowest BCUT2D eigenvalue weighted by Gasteiger charge is -2.12. The van der Waals surface area contributed by atoms with Crippen molar-refractivity contribution in [1.82, 2.24) is 9.78 Å². The number of anilines is 1. The SMILES string of the molecule is O=C(Nc1nn(Cc2cccc(F)c2)cc1Cl)c1ccc(COc2c(Cl)c(Cl)c(Cl)c(Cl)c2Cl)o1. The Bertz CT molecular complexity index is 1390. The largest absolute Gasteiger partial charge is 0.482 e. The Kier molecular flexibility index (Phi) is 8.06. The smallest absolute Gasteiger partial charge is 0.292 e. The van der Waals surface area contributed by atoms with E-state index in [-0.39, 0.29) is 72.2 Å². The second-order valence-corrected chi connectivity index (χ2v) is 9.36. The summed E-state index contributed by atoms with van der Waals surface area (Å²) in [5.41, 5.74) is 0.682. The molecule has 0 aliphatic carbocycles. The van der Waals surface area contributed by atoms with Gasteiger partial charge >= 0.3 is 0 Å². The summed E-state index contributed by atoms with van der Waals surface area (Å²) in [6.07, 6.45) is 1.51. The first-order chi connectivity index (χ1) is 16.6. The molecule has 0 atom stereocenters. The lowest BCUT2D eigenvalue weighted by atomic mass is 10.2. The Morgan fingerprint density at radius 2 is 1.69 bits per heavy atom. The van der Waals surface area contributed by atoms with Crippen molar-refractivity contribution >= 4 is 81.3 Å². The number of rotatable bonds is 7. The summed E-state index contributed by atoms with van der Waals surface area (Å²) in [4.78, 5) is 12.6. The van der Waals surface area contributed by atoms with Crippen molar-refractivity contribution in [2.45, 2.75) is 13.2 Å². The van der Waals surface area contributed by atoms with Crippen LogP contribution >= 0.6 is 69.6 Å². The number of halogens is 7. The third-order valence-electron chi connectivity index (χ3n) is 4.60. The molecule has 13 heteroatoms. The van der Waals surface area contributed by atoms with Crippen LogP contribution < -0.4 is 10.1 Å². The van der Waals surface area contributed by atoms with Gasteiger partial charge in [-0.3, -0.25) is 9.48 Å². The molecule has 4 rings (SSSR count). The van der Waals surface area contributed by atoms with Gasteiger partial charge in [-0.15, -0.1) is 0 Å². The average molecular weight is 598 g/mol. The van der Waals surface area contributed by atoms with E-state index >= 15 is 0 Å². The van der Waals surface area contributed by atoms with Crippen LogP contribution in [0.2, 0.25) is 30.1 Å². The van der Waals surface area contributed by atoms with Crippen LogP contribution in [0.5, 0.6) is 5.75 Å². The fourth-order valence-corrected chi connectivity index (χ4v) is 4.41. The van der Waals surface area contributed by atoms with Crippen LogP contribution in [0, 0.1) is 5.82 Å². The molecule has 0 aliphatic rings. The van der Waals surface area contributed by atoms with Crippen LogP contribution in [0.1, 0.15) is 21.9 Å². The summed E-state index contributed by atoms with van der Waals surface area (Å²) in [5, 5.41) is 6.95. The number of nitrogens with zero attached hydrogens (tertiary/aromatic N) is 2. The predicted octanol–water partition coefficient (Wildman–Crippen LogP) is 8.42. The minimum absolute atomic E-state index is 0.00433. The molecule has 1 amide bonds. The highest BCUT2D eigenvalue weighted by Crippen LogP contribution is 2.48. The molecule has 0 bridgehead atoms. The van der Waals surface area contributed by atoms with Crippen LogP contribution in [0.15, 0.2) is 47.0 Å². The molecular formula is C22H12Cl6FN3O3. The van der Waals surface area contributed by atoms with Gasteiger partial charge in [0.25, 0.3) is 5.91 Å². The molecule has 182 valence electrons. The lowest BCUT2D eigenvalue weighted by Crippen LogP contribution is -2.12. The number of benzene rings is 2. The van der Waals surface area contributed by atoms with E-state index in [9.17, 15) is 9.18 Å². The maximum absolute atomic E-state index is 13.4. The van der Waals surface area contributed by atoms with E-state index in [0.29, 0.717) is 5.56 Å². The molecule has 2 aromatic carbocycles. The number of aromatic nitrogens is 2. The topological polar surface area (TPSA) is 69.3 Å². The van der Waals surface area contributed by atoms with Crippen LogP contribution in [0.4, 0.5) is 10.2 Å². The normalized spacial score (nSPS) is 11.1. The Hall–Kier alpha value is -2.13. The van der Waals surface area contributed by atoms with Gasteiger partial charge < -0.3 is 14.5 Å². The zero-order valence-corrected chi connectivity index (χ0v) is 21.8. The molecule has 0 aliphatic heterocycles. The Morgan fingerprint density at radius 3 is 2.37 bits per heavy atom. The van der Waals surface area contributed by atoms with Gasteiger partial charge in [-0.25, -0.2) is 4.39 Å². The van der Waals surface area contributed by atoms with Gasteiger partial charge in [0.05, 0.1) is 21.6 Å². The Balaban J connectivity index is 1.42. The first-order valence-corrected chi connectivity index (χ1v) is 11.9. The number of carbonyl (C=O) groups excluding carboxylic acids is 1. The lowest BCUT2D eigenvalue weighted by molar-refractivity contribution is 0.0992. The second kappa shape index (κ2) is 10.9. The fraction of sp³-hybridized carbons (Fsp3) is 0.0909. The van der Waals surface area contributed by atoms with Crippen LogP contribution in [0.25, 0.3) is 0 Å². The minimum atomic E-state index is -0.595. The van der Waals surface area contributed by atoms with Crippen molar-refractivity contribution in [2.75, 3.05) is 5.32 Å². The summed E-state index contributed by atoms with van der Waals surface area (Å²) in [6.45, 7) is 0.128. The summed E-state index contributed by atoms with van der Waals surface area (Å²) in [6, 6.07) is 9.03. The van der Waals surface area contributed by atoms with E-state index in [1.165, 1.54) is 35.1 Å². The molecule has 0 radical (unpaired) electrons. The van der Waals surface area contributed by atoms with E-state index < -0.39 is 5.91 Å². The number of hydrogen-bond donors (Lipinski definition) is 1. The highest BCUT2D eigenvalue weighted by Gasteiger charge is 2.21. The van der Waals surface area contributed by atoms with Crippen molar-refractivity contribution in [1.29, 1.82) is 0 Å². The first kappa shape index (κ1) is 25.9. The van der Waals surface area contributed by atoms with Gasteiger partial charge in [0.15, 0.2) is 17.3 Å². The maximum atomic E-state index is 13.4. The third kappa shape index (κ3) is 5.82. The number of furan rings is 1. The average Bonchev–Trinajstić information content (AvgIpc) is 3.43. The minimum Gasteiger partial charge on any atom is -0.482 e. The molecule has 0 spiro atoms. The van der Waals surface area contributed by atoms with Gasteiger partial charge in [0.2, 0.25) is 0 Å². The Morgan fingerprint density at radius 1 is 1.00 bits per heavy atom. The Labute approximate surface area is 228 Å². The molecule has 0 fully saturated rings. The second-order valence-electron chi connectivity index (χ2n) is 7.06. The molecule has 4 aromatic rings. The summed E-state index contributed by atoms with van der Waals surface area (Å²) >= 11 is 36.5. The summed E-state index contributed by atoms with van der Waals surface area (Å²) in [7, 11) is 0. The highest BCUT2D eigenvalue weighted by molar-refractivity contribution is 6.55. The number of amides is 1. The van der Waals surface area contributed by atoms with E-state index in [2.05, 4.69) is 10.4 Å². The molecule has 1 N–H and O–H groups in total. The summed E-state index contributed by atoms with van der Waals surface area (Å²) in [5.74, 6) is -0.561. The predicted molar refractivity (Wildman–Crippen MR) is 135 cm³/mol. The molecule has 2 aromatic heterocycles. The number of hydrogen-bond acceptors (Lipinski definition) is 4. The number of nitrogens with one attached hydrogen (secondary N) is 1.